The summed E-state index contributed by atoms with van der Waals surface area (Å²) in [7, 11) is 0. The highest BCUT2D eigenvalue weighted by atomic mass is 79.9. The molecule has 0 saturated heterocycles. The van der Waals surface area contributed by atoms with Gasteiger partial charge in [0.15, 0.2) is 5.75 Å². The standard InChI is InChI=1S/C12H10BrClF2N2OS/c13-7-3-6(14)4-9(11(7)19-12(15)16)18-5-10-8(17)1-2-20-10/h1-4,12,18H,5,17H2. The van der Waals surface area contributed by atoms with Crippen LogP contribution in [0.1, 0.15) is 4.88 Å². The number of benzene rings is 1. The molecular weight excluding hydrogens is 374 g/mol. The van der Waals surface area contributed by atoms with Gasteiger partial charge in [0, 0.05) is 15.6 Å². The number of nitrogens with one attached hydrogen (secondary N) is 1. The quantitative estimate of drug-likeness (QED) is 0.767. The molecule has 0 aliphatic rings. The topological polar surface area (TPSA) is 47.3 Å². The molecule has 0 saturated carbocycles. The van der Waals surface area contributed by atoms with Crippen LogP contribution in [-0.2, 0) is 6.54 Å². The zero-order chi connectivity index (χ0) is 14.7. The van der Waals surface area contributed by atoms with Crippen molar-refractivity contribution >= 4 is 50.2 Å². The summed E-state index contributed by atoms with van der Waals surface area (Å²) in [6.07, 6.45) is 0. The van der Waals surface area contributed by atoms with Gasteiger partial charge in [-0.15, -0.1) is 11.3 Å². The fourth-order valence-electron chi connectivity index (χ4n) is 1.57. The van der Waals surface area contributed by atoms with E-state index in [0.717, 1.165) is 4.88 Å². The highest BCUT2D eigenvalue weighted by Gasteiger charge is 2.15. The zero-order valence-electron chi connectivity index (χ0n) is 10.00. The second kappa shape index (κ2) is 6.60. The summed E-state index contributed by atoms with van der Waals surface area (Å²) in [4.78, 5) is 0.907. The van der Waals surface area contributed by atoms with Crippen molar-refractivity contribution in [3.8, 4) is 5.75 Å². The number of anilines is 2. The van der Waals surface area contributed by atoms with Crippen LogP contribution < -0.4 is 15.8 Å². The lowest BCUT2D eigenvalue weighted by atomic mass is 10.3. The summed E-state index contributed by atoms with van der Waals surface area (Å²) in [6.45, 7) is -2.52. The Morgan fingerprint density at radius 3 is 2.80 bits per heavy atom. The van der Waals surface area contributed by atoms with Crippen LogP contribution >= 0.6 is 38.9 Å². The van der Waals surface area contributed by atoms with Crippen LogP contribution in [0.3, 0.4) is 0 Å². The van der Waals surface area contributed by atoms with Crippen molar-refractivity contribution in [1.82, 2.24) is 0 Å². The van der Waals surface area contributed by atoms with Gasteiger partial charge in [-0.2, -0.15) is 8.78 Å². The van der Waals surface area contributed by atoms with E-state index in [4.69, 9.17) is 17.3 Å². The Balaban J connectivity index is 2.23. The summed E-state index contributed by atoms with van der Waals surface area (Å²) in [5, 5.41) is 5.26. The van der Waals surface area contributed by atoms with E-state index in [1.165, 1.54) is 23.5 Å². The lowest BCUT2D eigenvalue weighted by Crippen LogP contribution is -2.07. The van der Waals surface area contributed by atoms with E-state index in [1.54, 1.807) is 6.07 Å². The van der Waals surface area contributed by atoms with Gasteiger partial charge in [0.05, 0.1) is 16.7 Å². The van der Waals surface area contributed by atoms with Crippen molar-refractivity contribution in [1.29, 1.82) is 0 Å². The second-order valence-corrected chi connectivity index (χ2v) is 6.09. The SMILES string of the molecule is Nc1ccsc1CNc1cc(Cl)cc(Br)c1OC(F)F. The van der Waals surface area contributed by atoms with Crippen molar-refractivity contribution in [2.75, 3.05) is 11.1 Å². The molecule has 0 amide bonds. The molecule has 1 aromatic heterocycles. The van der Waals surface area contributed by atoms with E-state index in [9.17, 15) is 8.78 Å². The van der Waals surface area contributed by atoms with E-state index < -0.39 is 6.61 Å². The van der Waals surface area contributed by atoms with Crippen LogP contribution in [0.2, 0.25) is 5.02 Å². The molecule has 2 aromatic rings. The number of nitrogens with two attached hydrogens (primary N) is 1. The minimum Gasteiger partial charge on any atom is -0.431 e. The molecule has 0 spiro atoms. The van der Waals surface area contributed by atoms with Crippen molar-refractivity contribution < 1.29 is 13.5 Å². The van der Waals surface area contributed by atoms with Crippen molar-refractivity contribution in [3.05, 3.63) is 38.0 Å². The normalized spacial score (nSPS) is 10.8. The first-order valence-corrected chi connectivity index (χ1v) is 7.52. The fourth-order valence-corrected chi connectivity index (χ4v) is 3.21. The maximum atomic E-state index is 12.4. The summed E-state index contributed by atoms with van der Waals surface area (Å²) in [6, 6.07) is 4.80. The number of ether oxygens (including phenoxy) is 1. The summed E-state index contributed by atoms with van der Waals surface area (Å²) in [5.41, 5.74) is 6.79. The van der Waals surface area contributed by atoms with Gasteiger partial charge < -0.3 is 15.8 Å². The summed E-state index contributed by atoms with van der Waals surface area (Å²) >= 11 is 10.5. The van der Waals surface area contributed by atoms with E-state index in [-0.39, 0.29) is 5.75 Å². The lowest BCUT2D eigenvalue weighted by Gasteiger charge is -2.14. The highest BCUT2D eigenvalue weighted by molar-refractivity contribution is 9.10. The number of hydrogen-bond donors (Lipinski definition) is 2. The molecule has 0 fully saturated rings. The maximum Gasteiger partial charge on any atom is 0.387 e. The van der Waals surface area contributed by atoms with Crippen LogP contribution in [0, 0.1) is 0 Å². The monoisotopic (exact) mass is 382 g/mol. The molecule has 0 radical (unpaired) electrons. The van der Waals surface area contributed by atoms with Crippen LogP contribution in [-0.4, -0.2) is 6.61 Å². The van der Waals surface area contributed by atoms with Crippen molar-refractivity contribution in [3.63, 3.8) is 0 Å². The fraction of sp³-hybridized carbons (Fsp3) is 0.167. The summed E-state index contributed by atoms with van der Waals surface area (Å²) < 4.78 is 29.7. The first-order chi connectivity index (χ1) is 9.47. The Morgan fingerprint density at radius 2 is 2.20 bits per heavy atom. The average molecular weight is 384 g/mol. The van der Waals surface area contributed by atoms with Crippen molar-refractivity contribution in [2.45, 2.75) is 13.2 Å². The molecule has 20 heavy (non-hydrogen) atoms. The van der Waals surface area contributed by atoms with Gasteiger partial charge in [0.25, 0.3) is 0 Å². The average Bonchev–Trinajstić information content (AvgIpc) is 2.76. The number of rotatable bonds is 5. The van der Waals surface area contributed by atoms with Crippen molar-refractivity contribution in [2.24, 2.45) is 0 Å². The first-order valence-electron chi connectivity index (χ1n) is 5.47. The largest absolute Gasteiger partial charge is 0.431 e. The molecule has 2 rings (SSSR count). The van der Waals surface area contributed by atoms with Gasteiger partial charge in [-0.3, -0.25) is 0 Å². The number of halogens is 4. The second-order valence-electron chi connectivity index (χ2n) is 3.80. The van der Waals surface area contributed by atoms with Crippen LogP contribution in [0.15, 0.2) is 28.1 Å². The Bertz CT molecular complexity index is 609. The van der Waals surface area contributed by atoms with Gasteiger partial charge in [-0.05, 0) is 39.5 Å². The molecule has 0 bridgehead atoms. The van der Waals surface area contributed by atoms with Crippen LogP contribution in [0.5, 0.6) is 5.75 Å². The lowest BCUT2D eigenvalue weighted by molar-refractivity contribution is -0.0498. The third-order valence-corrected chi connectivity index (χ3v) is 4.18. The molecule has 1 heterocycles. The molecule has 1 aromatic carbocycles. The molecule has 3 N–H and O–H groups in total. The van der Waals surface area contributed by atoms with Gasteiger partial charge >= 0.3 is 6.61 Å². The first kappa shape index (κ1) is 15.3. The van der Waals surface area contributed by atoms with Crippen LogP contribution in [0.25, 0.3) is 0 Å². The molecular formula is C12H10BrClF2N2OS. The van der Waals surface area contributed by atoms with Gasteiger partial charge in [-0.25, -0.2) is 0 Å². The third kappa shape index (κ3) is 3.74. The highest BCUT2D eigenvalue weighted by Crippen LogP contribution is 2.38. The summed E-state index contributed by atoms with van der Waals surface area (Å²) in [5.74, 6) is 0.0135. The Morgan fingerprint density at radius 1 is 1.45 bits per heavy atom. The molecule has 0 aliphatic carbocycles. The maximum absolute atomic E-state index is 12.4. The molecule has 8 heteroatoms. The van der Waals surface area contributed by atoms with Gasteiger partial charge in [0.2, 0.25) is 0 Å². The minimum absolute atomic E-state index is 0.0135. The predicted molar refractivity (Wildman–Crippen MR) is 81.8 cm³/mol. The molecule has 0 unspecified atom stereocenters. The number of hydrogen-bond acceptors (Lipinski definition) is 4. The van der Waals surface area contributed by atoms with Gasteiger partial charge in [0.1, 0.15) is 0 Å². The predicted octanol–water partition coefficient (Wildman–Crippen LogP) is 4.96. The molecule has 108 valence electrons. The third-order valence-electron chi connectivity index (χ3n) is 2.43. The van der Waals surface area contributed by atoms with Crippen LogP contribution in [0.4, 0.5) is 20.2 Å². The number of nitrogen functional groups attached to an aromatic ring is 1. The van der Waals surface area contributed by atoms with Gasteiger partial charge in [-0.1, -0.05) is 11.6 Å². The van der Waals surface area contributed by atoms with E-state index >= 15 is 0 Å². The Hall–Kier alpha value is -1.05. The minimum atomic E-state index is -2.92. The Labute approximate surface area is 131 Å². The van der Waals surface area contributed by atoms with E-state index in [1.807, 2.05) is 5.38 Å². The van der Waals surface area contributed by atoms with E-state index in [2.05, 4.69) is 26.0 Å². The molecule has 0 atom stereocenters. The Kier molecular flexibility index (Phi) is 5.06. The molecule has 3 nitrogen and oxygen atoms in total. The smallest absolute Gasteiger partial charge is 0.387 e. The molecule has 0 aliphatic heterocycles. The number of thiophene rings is 1. The number of alkyl halides is 2. The van der Waals surface area contributed by atoms with E-state index in [0.29, 0.717) is 27.4 Å². The zero-order valence-corrected chi connectivity index (χ0v) is 13.2.